The monoisotopic (exact) mass is 404 g/mol. The van der Waals surface area contributed by atoms with Gasteiger partial charge in [-0.3, -0.25) is 4.79 Å². The van der Waals surface area contributed by atoms with E-state index in [0.29, 0.717) is 17.6 Å². The van der Waals surface area contributed by atoms with Crippen LogP contribution in [0, 0.1) is 0 Å². The van der Waals surface area contributed by atoms with Gasteiger partial charge in [0.25, 0.3) is 0 Å². The highest BCUT2D eigenvalue weighted by atomic mass is 32.1. The van der Waals surface area contributed by atoms with Crippen LogP contribution < -0.4 is 11.1 Å². The summed E-state index contributed by atoms with van der Waals surface area (Å²) in [5.74, 6) is -0.863. The molecule has 5 nitrogen and oxygen atoms in total. The first-order chi connectivity index (χ1) is 14.0. The highest BCUT2D eigenvalue weighted by Crippen LogP contribution is 2.42. The van der Waals surface area contributed by atoms with E-state index in [1.807, 2.05) is 66.1 Å². The zero-order chi connectivity index (χ0) is 20.4. The Morgan fingerprint density at radius 3 is 2.52 bits per heavy atom. The largest absolute Gasteiger partial charge is 0.465 e. The number of carbonyl (C=O) groups is 2. The van der Waals surface area contributed by atoms with Gasteiger partial charge < -0.3 is 15.8 Å². The number of amides is 1. The number of anilines is 1. The van der Waals surface area contributed by atoms with Gasteiger partial charge in [-0.15, -0.1) is 11.3 Å². The minimum absolute atomic E-state index is 0.375. The molecule has 0 fully saturated rings. The third-order valence-electron chi connectivity index (χ3n) is 5.11. The molecule has 4 rings (SSSR count). The first-order valence-corrected chi connectivity index (χ1v) is 10.0. The zero-order valence-corrected chi connectivity index (χ0v) is 16.7. The number of hydrogen-bond acceptors (Lipinski definition) is 5. The number of hydrogen-bond donors (Lipinski definition) is 2. The summed E-state index contributed by atoms with van der Waals surface area (Å²) in [7, 11) is 1.37. The average Bonchev–Trinajstić information content (AvgIpc) is 3.21. The van der Waals surface area contributed by atoms with Gasteiger partial charge in [-0.1, -0.05) is 48.5 Å². The van der Waals surface area contributed by atoms with Gasteiger partial charge in [0.15, 0.2) is 0 Å². The summed E-state index contributed by atoms with van der Waals surface area (Å²) in [5, 5.41) is 5.48. The average molecular weight is 404 g/mol. The fourth-order valence-electron chi connectivity index (χ4n) is 3.74. The normalized spacial score (nSPS) is 17.6. The van der Waals surface area contributed by atoms with Crippen molar-refractivity contribution in [2.45, 2.75) is 12.0 Å². The molecule has 6 heteroatoms. The number of methoxy groups -OCH3 is 1. The number of ether oxygens (including phenoxy) is 1. The van der Waals surface area contributed by atoms with Gasteiger partial charge in [0.05, 0.1) is 18.2 Å². The molecule has 1 unspecified atom stereocenters. The van der Waals surface area contributed by atoms with Crippen LogP contribution in [0.15, 0.2) is 72.1 Å². The molecule has 1 atom stereocenters. The molecular weight excluding hydrogens is 384 g/mol. The Morgan fingerprint density at radius 2 is 1.79 bits per heavy atom. The van der Waals surface area contributed by atoms with Crippen LogP contribution in [-0.4, -0.2) is 19.0 Å². The van der Waals surface area contributed by atoms with Crippen molar-refractivity contribution in [2.24, 2.45) is 5.73 Å². The quantitative estimate of drug-likeness (QED) is 0.631. The Morgan fingerprint density at radius 1 is 1.07 bits per heavy atom. The molecule has 0 radical (unpaired) electrons. The van der Waals surface area contributed by atoms with Gasteiger partial charge in [0.1, 0.15) is 0 Å². The topological polar surface area (TPSA) is 81.4 Å². The van der Waals surface area contributed by atoms with Gasteiger partial charge >= 0.3 is 5.97 Å². The van der Waals surface area contributed by atoms with Crippen LogP contribution >= 0.6 is 11.3 Å². The van der Waals surface area contributed by atoms with Gasteiger partial charge in [-0.2, -0.15) is 0 Å². The fraction of sp³-hybridized carbons (Fsp3) is 0.130. The number of rotatable bonds is 5. The first-order valence-electron chi connectivity index (χ1n) is 9.14. The van der Waals surface area contributed by atoms with Crippen molar-refractivity contribution < 1.29 is 14.3 Å². The number of fused-ring (bicyclic) bond motifs is 1. The van der Waals surface area contributed by atoms with Crippen LogP contribution in [0.1, 0.15) is 26.4 Å². The Labute approximate surface area is 172 Å². The van der Waals surface area contributed by atoms with Crippen molar-refractivity contribution in [3.8, 4) is 0 Å². The van der Waals surface area contributed by atoms with Gasteiger partial charge in [-0.05, 0) is 29.2 Å². The van der Waals surface area contributed by atoms with Crippen molar-refractivity contribution in [3.05, 3.63) is 93.7 Å². The van der Waals surface area contributed by atoms with Crippen LogP contribution in [0.2, 0.25) is 0 Å². The van der Waals surface area contributed by atoms with Crippen molar-refractivity contribution in [1.29, 1.82) is 0 Å². The van der Waals surface area contributed by atoms with Crippen molar-refractivity contribution >= 4 is 34.5 Å². The lowest BCUT2D eigenvalue weighted by atomic mass is 9.79. The highest BCUT2D eigenvalue weighted by molar-refractivity contribution is 7.10. The van der Waals surface area contributed by atoms with Crippen LogP contribution in [0.5, 0.6) is 0 Å². The molecule has 0 bridgehead atoms. The first kappa shape index (κ1) is 19.0. The van der Waals surface area contributed by atoms with Gasteiger partial charge in [0.2, 0.25) is 5.91 Å². The molecule has 1 aliphatic heterocycles. The Balaban J connectivity index is 1.90. The van der Waals surface area contributed by atoms with Crippen LogP contribution in [0.4, 0.5) is 5.69 Å². The standard InChI is InChI=1S/C23H20N2O3S/c1-28-22(27)17-11-12-29-20(17)14-23(15-7-3-2-4-8-15)13-18(21(24)26)16-9-5-6-10-19(16)25-23/h2-13,25H,14H2,1H3,(H2,24,26). The van der Waals surface area contributed by atoms with Crippen molar-refractivity contribution in [3.63, 3.8) is 0 Å². The molecule has 3 N–H and O–H groups in total. The van der Waals surface area contributed by atoms with Crippen LogP contribution in [-0.2, 0) is 21.5 Å². The minimum Gasteiger partial charge on any atom is -0.465 e. The van der Waals surface area contributed by atoms with Gasteiger partial charge in [0, 0.05) is 28.1 Å². The molecule has 29 heavy (non-hydrogen) atoms. The van der Waals surface area contributed by atoms with E-state index in [1.54, 1.807) is 6.07 Å². The van der Waals surface area contributed by atoms with E-state index in [2.05, 4.69) is 5.32 Å². The zero-order valence-electron chi connectivity index (χ0n) is 15.8. The second-order valence-electron chi connectivity index (χ2n) is 6.86. The smallest absolute Gasteiger partial charge is 0.338 e. The van der Waals surface area contributed by atoms with Gasteiger partial charge in [-0.25, -0.2) is 4.79 Å². The lowest BCUT2D eigenvalue weighted by Gasteiger charge is -2.38. The summed E-state index contributed by atoms with van der Waals surface area (Å²) < 4.78 is 4.94. The molecule has 0 saturated heterocycles. The highest BCUT2D eigenvalue weighted by Gasteiger charge is 2.37. The second-order valence-corrected chi connectivity index (χ2v) is 7.86. The summed E-state index contributed by atoms with van der Waals surface area (Å²) in [5.41, 5.74) is 8.56. The molecule has 0 aliphatic carbocycles. The molecule has 1 aliphatic rings. The number of carbonyl (C=O) groups excluding carboxylic acids is 2. The predicted octanol–water partition coefficient (Wildman–Crippen LogP) is 3.97. The van der Waals surface area contributed by atoms with E-state index in [1.165, 1.54) is 18.4 Å². The summed E-state index contributed by atoms with van der Waals surface area (Å²) in [4.78, 5) is 25.4. The Kier molecular flexibility index (Phi) is 4.94. The number of nitrogens with two attached hydrogens (primary N) is 1. The number of thiophene rings is 1. The number of nitrogens with one attached hydrogen (secondary N) is 1. The molecule has 0 spiro atoms. The fourth-order valence-corrected chi connectivity index (χ4v) is 4.70. The maximum atomic E-state index is 12.3. The van der Waals surface area contributed by atoms with Crippen molar-refractivity contribution in [2.75, 3.05) is 12.4 Å². The molecule has 1 amide bonds. The minimum atomic E-state index is -0.742. The van der Waals surface area contributed by atoms with E-state index >= 15 is 0 Å². The SMILES string of the molecule is COC(=O)c1ccsc1CC1(c2ccccc2)C=C(C(N)=O)c2ccccc2N1. The molecule has 146 valence electrons. The van der Waals surface area contributed by atoms with Crippen molar-refractivity contribution in [1.82, 2.24) is 0 Å². The lowest BCUT2D eigenvalue weighted by molar-refractivity contribution is -0.112. The predicted molar refractivity (Wildman–Crippen MR) is 115 cm³/mol. The summed E-state index contributed by atoms with van der Waals surface area (Å²) >= 11 is 1.48. The third-order valence-corrected chi connectivity index (χ3v) is 6.03. The number of primary amides is 1. The molecule has 2 aromatic carbocycles. The van der Waals surface area contributed by atoms with E-state index in [0.717, 1.165) is 21.7 Å². The number of esters is 1. The number of benzene rings is 2. The third kappa shape index (κ3) is 3.43. The second kappa shape index (κ2) is 7.56. The maximum absolute atomic E-state index is 12.3. The summed E-state index contributed by atoms with van der Waals surface area (Å²) in [6.07, 6.45) is 2.35. The molecule has 0 saturated carbocycles. The molecule has 2 heterocycles. The number of para-hydroxylation sites is 1. The lowest BCUT2D eigenvalue weighted by Crippen LogP contribution is -2.39. The van der Waals surface area contributed by atoms with E-state index < -0.39 is 11.4 Å². The maximum Gasteiger partial charge on any atom is 0.338 e. The van der Waals surface area contributed by atoms with Crippen LogP contribution in [0.25, 0.3) is 5.57 Å². The van der Waals surface area contributed by atoms with E-state index in [4.69, 9.17) is 10.5 Å². The van der Waals surface area contributed by atoms with E-state index in [-0.39, 0.29) is 5.97 Å². The van der Waals surface area contributed by atoms with Crippen LogP contribution in [0.3, 0.4) is 0 Å². The van der Waals surface area contributed by atoms with E-state index in [9.17, 15) is 9.59 Å². The summed E-state index contributed by atoms with van der Waals surface area (Å²) in [6.45, 7) is 0. The molecule has 1 aromatic heterocycles. The summed E-state index contributed by atoms with van der Waals surface area (Å²) in [6, 6.07) is 19.2. The molecule has 3 aromatic rings. The molecular formula is C23H20N2O3S. The Hall–Kier alpha value is -3.38. The Bertz CT molecular complexity index is 1100.